The monoisotopic (exact) mass is 359 g/mol. The van der Waals surface area contributed by atoms with Crippen molar-refractivity contribution in [2.24, 2.45) is 4.40 Å². The maximum atomic E-state index is 13.1. The summed E-state index contributed by atoms with van der Waals surface area (Å²) in [4.78, 5) is 16.6. The molecule has 0 saturated carbocycles. The van der Waals surface area contributed by atoms with Crippen LogP contribution in [0.15, 0.2) is 58.7 Å². The second kappa shape index (κ2) is 6.84. The Hall–Kier alpha value is -2.41. The molecule has 132 valence electrons. The number of carbonyl (C=O) groups is 1. The number of fused-ring (bicyclic) bond motifs is 1. The van der Waals surface area contributed by atoms with Crippen molar-refractivity contribution in [2.75, 3.05) is 12.3 Å². The van der Waals surface area contributed by atoms with Crippen molar-refractivity contribution < 1.29 is 13.2 Å². The molecule has 7 heteroatoms. The fourth-order valence-corrected chi connectivity index (χ4v) is 3.79. The van der Waals surface area contributed by atoms with Crippen LogP contribution in [-0.2, 0) is 21.4 Å². The van der Waals surface area contributed by atoms with E-state index in [0.717, 1.165) is 5.56 Å². The third kappa shape index (κ3) is 3.82. The molecule has 0 atom stereocenters. The molecule has 0 aromatic heterocycles. The molecular formula is C18H21N3O3S. The first-order valence-electron chi connectivity index (χ1n) is 8.20. The van der Waals surface area contributed by atoms with E-state index in [1.54, 1.807) is 28.2 Å². The Morgan fingerprint density at radius 2 is 2.00 bits per heavy atom. The van der Waals surface area contributed by atoms with E-state index in [0.29, 0.717) is 18.7 Å². The van der Waals surface area contributed by atoms with Crippen molar-refractivity contribution in [1.82, 2.24) is 9.80 Å². The van der Waals surface area contributed by atoms with E-state index in [4.69, 9.17) is 0 Å². The normalized spacial score (nSPS) is 18.4. The van der Waals surface area contributed by atoms with Gasteiger partial charge in [-0.25, -0.2) is 8.42 Å². The van der Waals surface area contributed by atoms with Gasteiger partial charge < -0.3 is 9.80 Å². The zero-order chi connectivity index (χ0) is 18.0. The molecule has 1 aromatic carbocycles. The van der Waals surface area contributed by atoms with Gasteiger partial charge in [0.2, 0.25) is 0 Å². The van der Waals surface area contributed by atoms with Crippen LogP contribution in [0, 0.1) is 0 Å². The fourth-order valence-electron chi connectivity index (χ4n) is 2.81. The SMILES string of the molecule is CC(C)N(Cc1ccccc1)C(=O)C1=CC=CN2CCS(=O)(=O)N=C12. The predicted molar refractivity (Wildman–Crippen MR) is 97.3 cm³/mol. The van der Waals surface area contributed by atoms with Gasteiger partial charge in [0.05, 0.1) is 11.3 Å². The molecule has 1 amide bonds. The molecule has 0 N–H and O–H groups in total. The van der Waals surface area contributed by atoms with Gasteiger partial charge in [-0.15, -0.1) is 4.40 Å². The van der Waals surface area contributed by atoms with Crippen LogP contribution in [0.2, 0.25) is 0 Å². The van der Waals surface area contributed by atoms with Gasteiger partial charge >= 0.3 is 0 Å². The van der Waals surface area contributed by atoms with Crippen molar-refractivity contribution in [3.05, 3.63) is 59.8 Å². The molecule has 0 spiro atoms. The lowest BCUT2D eigenvalue weighted by atomic mass is 10.1. The molecule has 0 fully saturated rings. The third-order valence-corrected chi connectivity index (χ3v) is 5.32. The molecule has 0 saturated heterocycles. The topological polar surface area (TPSA) is 70.1 Å². The number of benzene rings is 1. The molecule has 25 heavy (non-hydrogen) atoms. The summed E-state index contributed by atoms with van der Waals surface area (Å²) < 4.78 is 27.6. The van der Waals surface area contributed by atoms with Crippen LogP contribution in [0.4, 0.5) is 0 Å². The highest BCUT2D eigenvalue weighted by molar-refractivity contribution is 7.90. The van der Waals surface area contributed by atoms with E-state index in [-0.39, 0.29) is 23.5 Å². The molecule has 2 aliphatic rings. The van der Waals surface area contributed by atoms with E-state index < -0.39 is 10.0 Å². The summed E-state index contributed by atoms with van der Waals surface area (Å²) in [6.07, 6.45) is 5.14. The van der Waals surface area contributed by atoms with Gasteiger partial charge in [-0.05, 0) is 31.6 Å². The van der Waals surface area contributed by atoms with Gasteiger partial charge in [0.25, 0.3) is 15.9 Å². The summed E-state index contributed by atoms with van der Waals surface area (Å²) in [7, 11) is -3.52. The molecule has 0 unspecified atom stereocenters. The van der Waals surface area contributed by atoms with Crippen LogP contribution in [-0.4, -0.2) is 48.3 Å². The Morgan fingerprint density at radius 3 is 2.68 bits per heavy atom. The molecule has 2 aliphatic heterocycles. The Balaban J connectivity index is 1.92. The molecule has 1 aromatic rings. The maximum absolute atomic E-state index is 13.1. The molecule has 0 radical (unpaired) electrons. The average molecular weight is 359 g/mol. The Morgan fingerprint density at radius 1 is 1.28 bits per heavy atom. The summed E-state index contributed by atoms with van der Waals surface area (Å²) >= 11 is 0. The van der Waals surface area contributed by atoms with Gasteiger partial charge in [0, 0.05) is 25.3 Å². The first-order chi connectivity index (χ1) is 11.9. The van der Waals surface area contributed by atoms with Gasteiger partial charge in [0.15, 0.2) is 5.84 Å². The Kier molecular flexibility index (Phi) is 4.76. The number of hydrogen-bond donors (Lipinski definition) is 0. The molecule has 3 rings (SSSR count). The summed E-state index contributed by atoms with van der Waals surface area (Å²) in [6.45, 7) is 4.65. The average Bonchev–Trinajstić information content (AvgIpc) is 2.58. The largest absolute Gasteiger partial charge is 0.332 e. The zero-order valence-electron chi connectivity index (χ0n) is 14.3. The molecule has 2 heterocycles. The third-order valence-electron chi connectivity index (χ3n) is 4.17. The van der Waals surface area contributed by atoms with Crippen LogP contribution in [0.25, 0.3) is 0 Å². The number of hydrogen-bond acceptors (Lipinski definition) is 4. The number of allylic oxidation sites excluding steroid dienone is 2. The van der Waals surface area contributed by atoms with E-state index in [1.165, 1.54) is 0 Å². The predicted octanol–water partition coefficient (Wildman–Crippen LogP) is 1.92. The Bertz CT molecular complexity index is 855. The minimum Gasteiger partial charge on any atom is -0.332 e. The molecular weight excluding hydrogens is 338 g/mol. The maximum Gasteiger partial charge on any atom is 0.258 e. The van der Waals surface area contributed by atoms with E-state index in [1.807, 2.05) is 44.2 Å². The van der Waals surface area contributed by atoms with E-state index in [2.05, 4.69) is 4.40 Å². The highest BCUT2D eigenvalue weighted by atomic mass is 32.2. The van der Waals surface area contributed by atoms with Crippen molar-refractivity contribution in [3.8, 4) is 0 Å². The van der Waals surface area contributed by atoms with Gasteiger partial charge in [0.1, 0.15) is 0 Å². The highest BCUT2D eigenvalue weighted by Crippen LogP contribution is 2.21. The van der Waals surface area contributed by atoms with Crippen molar-refractivity contribution in [1.29, 1.82) is 0 Å². The van der Waals surface area contributed by atoms with Crippen LogP contribution in [0.3, 0.4) is 0 Å². The summed E-state index contributed by atoms with van der Waals surface area (Å²) in [5, 5.41) is 0. The minimum atomic E-state index is -3.52. The molecule has 6 nitrogen and oxygen atoms in total. The van der Waals surface area contributed by atoms with Crippen LogP contribution in [0.1, 0.15) is 19.4 Å². The van der Waals surface area contributed by atoms with E-state index in [9.17, 15) is 13.2 Å². The van der Waals surface area contributed by atoms with Gasteiger partial charge in [-0.1, -0.05) is 30.3 Å². The summed E-state index contributed by atoms with van der Waals surface area (Å²) in [6, 6.07) is 9.69. The smallest absolute Gasteiger partial charge is 0.258 e. The second-order valence-electron chi connectivity index (χ2n) is 6.33. The van der Waals surface area contributed by atoms with Crippen molar-refractivity contribution >= 4 is 21.8 Å². The van der Waals surface area contributed by atoms with Crippen molar-refractivity contribution in [2.45, 2.75) is 26.4 Å². The fraction of sp³-hybridized carbons (Fsp3) is 0.333. The van der Waals surface area contributed by atoms with E-state index >= 15 is 0 Å². The van der Waals surface area contributed by atoms with Crippen LogP contribution >= 0.6 is 0 Å². The lowest BCUT2D eigenvalue weighted by Gasteiger charge is -2.33. The first-order valence-corrected chi connectivity index (χ1v) is 9.81. The lowest BCUT2D eigenvalue weighted by Crippen LogP contribution is -2.45. The zero-order valence-corrected chi connectivity index (χ0v) is 15.1. The second-order valence-corrected chi connectivity index (χ2v) is 8.08. The molecule has 0 bridgehead atoms. The first kappa shape index (κ1) is 17.4. The van der Waals surface area contributed by atoms with Crippen LogP contribution < -0.4 is 0 Å². The number of carbonyl (C=O) groups excluding carboxylic acids is 1. The number of amides is 1. The number of sulfonamides is 1. The van der Waals surface area contributed by atoms with Crippen molar-refractivity contribution in [3.63, 3.8) is 0 Å². The quantitative estimate of drug-likeness (QED) is 0.824. The number of amidine groups is 1. The standard InChI is InChI=1S/C18H21N3O3S/c1-14(2)21(13-15-7-4-3-5-8-15)18(22)16-9-6-10-20-11-12-25(23,24)19-17(16)20/h3-10,14H,11-13H2,1-2H3. The summed E-state index contributed by atoms with van der Waals surface area (Å²) in [5.41, 5.74) is 1.34. The van der Waals surface area contributed by atoms with Crippen LogP contribution in [0.5, 0.6) is 0 Å². The summed E-state index contributed by atoms with van der Waals surface area (Å²) in [5.74, 6) is -0.0400. The number of nitrogens with zero attached hydrogens (tertiary/aromatic N) is 3. The Labute approximate surface area is 148 Å². The van der Waals surface area contributed by atoms with Gasteiger partial charge in [-0.2, -0.15) is 0 Å². The lowest BCUT2D eigenvalue weighted by molar-refractivity contribution is -0.128. The highest BCUT2D eigenvalue weighted by Gasteiger charge is 2.32. The minimum absolute atomic E-state index is 0.0336. The van der Waals surface area contributed by atoms with Gasteiger partial charge in [-0.3, -0.25) is 4.79 Å². The molecule has 0 aliphatic carbocycles. The number of rotatable bonds is 4.